The first-order chi connectivity index (χ1) is 33.7. The zero-order valence-electron chi connectivity index (χ0n) is 38.8. The maximum Gasteiger partial charge on any atom is 0.280 e. The standard InChI is InChI=1S/C48H57N3O18/c1-58-12-15-61-18-21-64-24-27-67-39-30-33(31-40(68-28-25-65-22-19-62-16-13-59-2)43(39)69-29-26-66-23-20-63-17-14-60-3)50-45(54)35-8-10-37-42-38(11-9-36(41(35)42)46(50)55)48(57)51(47(37)56)49-44(53)32-4-6-34(52)7-5-32/h4-11,30-31,52H,12-29H2,1-3H3,(H,49,53). The number of ether oxygens (including phenoxy) is 12. The van der Waals surface area contributed by atoms with Gasteiger partial charge in [0, 0.05) is 60.9 Å². The third-order valence-corrected chi connectivity index (χ3v) is 10.4. The minimum absolute atomic E-state index is 0.0167. The van der Waals surface area contributed by atoms with E-state index in [0.717, 1.165) is 4.90 Å². The number of phenolic OH excluding ortho intramolecular Hbond substituents is 1. The molecule has 6 rings (SSSR count). The van der Waals surface area contributed by atoms with Crippen molar-refractivity contribution in [2.45, 2.75) is 0 Å². The van der Waals surface area contributed by atoms with E-state index in [1.165, 1.54) is 60.7 Å². The van der Waals surface area contributed by atoms with Crippen molar-refractivity contribution in [2.75, 3.05) is 145 Å². The van der Waals surface area contributed by atoms with Gasteiger partial charge in [-0.15, -0.1) is 0 Å². The normalized spacial score (nSPS) is 13.1. The molecule has 4 aromatic rings. The molecule has 0 unspecified atom stereocenters. The first kappa shape index (κ1) is 52.1. The molecule has 4 aromatic carbocycles. The van der Waals surface area contributed by atoms with Crippen LogP contribution in [-0.4, -0.2) is 180 Å². The molecule has 372 valence electrons. The van der Waals surface area contributed by atoms with Crippen molar-refractivity contribution in [1.29, 1.82) is 0 Å². The summed E-state index contributed by atoms with van der Waals surface area (Å²) in [6.07, 6.45) is 0. The van der Waals surface area contributed by atoms with Crippen molar-refractivity contribution in [3.63, 3.8) is 0 Å². The monoisotopic (exact) mass is 963 g/mol. The average Bonchev–Trinajstić information content (AvgIpc) is 3.35. The van der Waals surface area contributed by atoms with Crippen molar-refractivity contribution in [3.05, 3.63) is 88.5 Å². The van der Waals surface area contributed by atoms with Crippen LogP contribution in [0.15, 0.2) is 60.7 Å². The van der Waals surface area contributed by atoms with Crippen LogP contribution in [0.5, 0.6) is 23.0 Å². The van der Waals surface area contributed by atoms with E-state index in [-0.39, 0.29) is 120 Å². The second-order valence-corrected chi connectivity index (χ2v) is 14.9. The molecule has 69 heavy (non-hydrogen) atoms. The van der Waals surface area contributed by atoms with Gasteiger partial charge >= 0.3 is 0 Å². The summed E-state index contributed by atoms with van der Waals surface area (Å²) in [4.78, 5) is 71.0. The fourth-order valence-electron chi connectivity index (χ4n) is 7.05. The van der Waals surface area contributed by atoms with Crippen LogP contribution in [0.2, 0.25) is 0 Å². The number of methoxy groups -OCH3 is 3. The highest BCUT2D eigenvalue weighted by atomic mass is 16.6. The largest absolute Gasteiger partial charge is 0.508 e. The van der Waals surface area contributed by atoms with Crippen LogP contribution in [0.1, 0.15) is 51.8 Å². The molecule has 2 N–H and O–H groups in total. The fourth-order valence-corrected chi connectivity index (χ4v) is 7.05. The van der Waals surface area contributed by atoms with Gasteiger partial charge in [-0.1, -0.05) is 0 Å². The Hall–Kier alpha value is -6.27. The maximum absolute atomic E-state index is 14.6. The zero-order chi connectivity index (χ0) is 49.0. The van der Waals surface area contributed by atoms with E-state index in [1.807, 2.05) is 0 Å². The van der Waals surface area contributed by atoms with Crippen LogP contribution >= 0.6 is 0 Å². The summed E-state index contributed by atoms with van der Waals surface area (Å²) in [5.74, 6) is -3.77. The topological polar surface area (TPSA) is 235 Å². The van der Waals surface area contributed by atoms with Gasteiger partial charge in [-0.25, -0.2) is 4.90 Å². The molecule has 0 spiro atoms. The summed E-state index contributed by atoms with van der Waals surface area (Å²) in [5.41, 5.74) is 2.49. The number of carbonyl (C=O) groups is 5. The number of benzene rings is 4. The Morgan fingerprint density at radius 1 is 0.464 bits per heavy atom. The number of anilines is 1. The molecule has 0 saturated heterocycles. The predicted octanol–water partition coefficient (Wildman–Crippen LogP) is 3.46. The second kappa shape index (κ2) is 27.1. The molecule has 0 aliphatic carbocycles. The number of nitrogens with one attached hydrogen (secondary N) is 1. The van der Waals surface area contributed by atoms with Crippen molar-refractivity contribution in [1.82, 2.24) is 10.4 Å². The van der Waals surface area contributed by atoms with E-state index in [9.17, 15) is 29.1 Å². The summed E-state index contributed by atoms with van der Waals surface area (Å²) in [5, 5.41) is 10.4. The lowest BCUT2D eigenvalue weighted by atomic mass is 9.86. The first-order valence-corrected chi connectivity index (χ1v) is 22.2. The molecule has 0 fully saturated rings. The number of amides is 5. The van der Waals surface area contributed by atoms with Gasteiger partial charge in [0.1, 0.15) is 25.6 Å². The molecule has 2 heterocycles. The molecule has 0 bridgehead atoms. The number of hydrogen-bond acceptors (Lipinski definition) is 18. The number of carbonyl (C=O) groups excluding carboxylic acids is 5. The number of aromatic hydroxyl groups is 1. The lowest BCUT2D eigenvalue weighted by Crippen LogP contribution is -2.52. The molecule has 2 aliphatic rings. The van der Waals surface area contributed by atoms with Crippen molar-refractivity contribution < 1.29 is 85.9 Å². The molecular weight excluding hydrogens is 907 g/mol. The van der Waals surface area contributed by atoms with Gasteiger partial charge in [-0.2, -0.15) is 5.01 Å². The molecule has 21 heteroatoms. The highest BCUT2D eigenvalue weighted by Gasteiger charge is 2.41. The summed E-state index contributed by atoms with van der Waals surface area (Å²) in [6.45, 7) is 4.98. The minimum Gasteiger partial charge on any atom is -0.508 e. The van der Waals surface area contributed by atoms with Crippen LogP contribution in [0.4, 0.5) is 5.69 Å². The molecular formula is C48H57N3O18. The number of nitrogens with zero attached hydrogens (tertiary/aromatic N) is 2. The summed E-state index contributed by atoms with van der Waals surface area (Å²) >= 11 is 0. The van der Waals surface area contributed by atoms with Gasteiger partial charge in [0.2, 0.25) is 5.75 Å². The molecule has 5 amide bonds. The van der Waals surface area contributed by atoms with Crippen LogP contribution in [0.3, 0.4) is 0 Å². The molecule has 0 radical (unpaired) electrons. The number of rotatable bonds is 33. The number of phenols is 1. The highest BCUT2D eigenvalue weighted by molar-refractivity contribution is 6.39. The molecule has 0 aromatic heterocycles. The van der Waals surface area contributed by atoms with Crippen molar-refractivity contribution in [3.8, 4) is 23.0 Å². The summed E-state index contributed by atoms with van der Waals surface area (Å²) in [6, 6.07) is 13.7. The Kier molecular flexibility index (Phi) is 20.4. The second-order valence-electron chi connectivity index (χ2n) is 14.9. The van der Waals surface area contributed by atoms with Gasteiger partial charge in [0.05, 0.1) is 116 Å². The average molecular weight is 964 g/mol. The summed E-state index contributed by atoms with van der Waals surface area (Å²) in [7, 11) is 4.75. The Bertz CT molecular complexity index is 2260. The Morgan fingerprint density at radius 3 is 1.20 bits per heavy atom. The van der Waals surface area contributed by atoms with E-state index < -0.39 is 29.5 Å². The molecule has 0 saturated carbocycles. The quantitative estimate of drug-likeness (QED) is 0.0514. The van der Waals surface area contributed by atoms with Gasteiger partial charge in [0.15, 0.2) is 11.5 Å². The van der Waals surface area contributed by atoms with E-state index in [0.29, 0.717) is 71.1 Å². The maximum atomic E-state index is 14.6. The third-order valence-electron chi connectivity index (χ3n) is 10.4. The molecule has 0 atom stereocenters. The Balaban J connectivity index is 1.27. The predicted molar refractivity (Wildman–Crippen MR) is 245 cm³/mol. The van der Waals surface area contributed by atoms with Crippen LogP contribution in [0, 0.1) is 0 Å². The lowest BCUT2D eigenvalue weighted by Gasteiger charge is -2.32. The molecule has 21 nitrogen and oxygen atoms in total. The Labute approximate surface area is 398 Å². The number of imide groups is 2. The van der Waals surface area contributed by atoms with Crippen LogP contribution < -0.4 is 24.5 Å². The summed E-state index contributed by atoms with van der Waals surface area (Å²) < 4.78 is 67.3. The third kappa shape index (κ3) is 13.7. The zero-order valence-corrected chi connectivity index (χ0v) is 38.8. The van der Waals surface area contributed by atoms with Crippen molar-refractivity contribution in [2.24, 2.45) is 0 Å². The fraction of sp³-hybridized carbons (Fsp3) is 0.438. The van der Waals surface area contributed by atoms with Gasteiger partial charge in [0.25, 0.3) is 29.5 Å². The van der Waals surface area contributed by atoms with Gasteiger partial charge < -0.3 is 61.9 Å². The van der Waals surface area contributed by atoms with Gasteiger partial charge in [-0.05, 0) is 48.5 Å². The van der Waals surface area contributed by atoms with E-state index >= 15 is 0 Å². The first-order valence-electron chi connectivity index (χ1n) is 22.2. The number of hydrazine groups is 1. The van der Waals surface area contributed by atoms with Crippen LogP contribution in [-0.2, 0) is 42.6 Å². The lowest BCUT2D eigenvalue weighted by molar-refractivity contribution is 0.0146. The van der Waals surface area contributed by atoms with Crippen LogP contribution in [0.25, 0.3) is 10.8 Å². The van der Waals surface area contributed by atoms with Crippen molar-refractivity contribution >= 4 is 46.0 Å². The Morgan fingerprint density at radius 2 is 0.812 bits per heavy atom. The van der Waals surface area contributed by atoms with Gasteiger partial charge in [-0.3, -0.25) is 29.4 Å². The van der Waals surface area contributed by atoms with E-state index in [1.54, 1.807) is 21.3 Å². The molecule has 2 aliphatic heterocycles. The van der Waals surface area contributed by atoms with E-state index in [2.05, 4.69) is 5.43 Å². The minimum atomic E-state index is -0.879. The SMILES string of the molecule is COCCOCCOCCOc1cc(N2C(=O)c3ccc4c5c(ccc(c35)C2=O)C(=O)N(NC(=O)c2ccc(O)cc2)C4=O)cc(OCCOCCOCCOC)c1OCCOCCOCCOC. The van der Waals surface area contributed by atoms with E-state index in [4.69, 9.17) is 56.8 Å². The smallest absolute Gasteiger partial charge is 0.280 e. The highest BCUT2D eigenvalue weighted by Crippen LogP contribution is 2.45. The number of hydrogen-bond donors (Lipinski definition) is 2.